The quantitative estimate of drug-likeness (QED) is 0.821. The molecule has 0 saturated carbocycles. The van der Waals surface area contributed by atoms with Gasteiger partial charge in [-0.3, -0.25) is 14.5 Å². The maximum atomic E-state index is 4.59. The number of rotatable bonds is 5. The molecule has 4 rings (SSSR count). The SMILES string of the molecule is CCCn1ncc(CN2C[C@@H]3CN(C)[C@@H](c4ccccc4C)[C@@H]3C2)c1C. The fraction of sp³-hybridized carbons (Fsp3) is 0.591. The molecule has 0 N–H and O–H groups in total. The van der Waals surface area contributed by atoms with Crippen LogP contribution in [0.1, 0.15) is 41.8 Å². The molecule has 0 aliphatic carbocycles. The topological polar surface area (TPSA) is 24.3 Å². The van der Waals surface area contributed by atoms with Crippen molar-refractivity contribution in [1.29, 1.82) is 0 Å². The van der Waals surface area contributed by atoms with E-state index in [1.54, 1.807) is 0 Å². The summed E-state index contributed by atoms with van der Waals surface area (Å²) in [6.07, 6.45) is 3.23. The van der Waals surface area contributed by atoms with E-state index in [-0.39, 0.29) is 0 Å². The number of likely N-dealkylation sites (tertiary alicyclic amines) is 2. The molecule has 4 nitrogen and oxygen atoms in total. The first-order valence-corrected chi connectivity index (χ1v) is 10.1. The van der Waals surface area contributed by atoms with E-state index in [2.05, 4.69) is 77.9 Å². The third-order valence-corrected chi connectivity index (χ3v) is 6.51. The predicted octanol–water partition coefficient (Wildman–Crippen LogP) is 3.64. The molecular formula is C22H32N4. The van der Waals surface area contributed by atoms with Gasteiger partial charge in [-0.15, -0.1) is 0 Å². The second-order valence-corrected chi connectivity index (χ2v) is 8.34. The smallest absolute Gasteiger partial charge is 0.0537 e. The van der Waals surface area contributed by atoms with Crippen LogP contribution < -0.4 is 0 Å². The summed E-state index contributed by atoms with van der Waals surface area (Å²) in [5, 5.41) is 4.59. The van der Waals surface area contributed by atoms with E-state index in [4.69, 9.17) is 0 Å². The highest BCUT2D eigenvalue weighted by molar-refractivity contribution is 5.31. The van der Waals surface area contributed by atoms with Crippen molar-refractivity contribution in [2.45, 2.75) is 46.3 Å². The Bertz CT molecular complexity index is 765. The zero-order valence-electron chi connectivity index (χ0n) is 16.7. The summed E-state index contributed by atoms with van der Waals surface area (Å²) in [7, 11) is 2.30. The van der Waals surface area contributed by atoms with Crippen LogP contribution in [0.25, 0.3) is 0 Å². The Hall–Kier alpha value is -1.65. The molecule has 0 amide bonds. The van der Waals surface area contributed by atoms with Gasteiger partial charge in [0.05, 0.1) is 6.20 Å². The van der Waals surface area contributed by atoms with Gasteiger partial charge >= 0.3 is 0 Å². The van der Waals surface area contributed by atoms with Crippen molar-refractivity contribution in [3.63, 3.8) is 0 Å². The molecule has 2 fully saturated rings. The Kier molecular flexibility index (Phi) is 4.89. The van der Waals surface area contributed by atoms with Crippen LogP contribution in [0.4, 0.5) is 0 Å². The summed E-state index contributed by atoms with van der Waals surface area (Å²) in [6.45, 7) is 12.4. The second-order valence-electron chi connectivity index (χ2n) is 8.34. The lowest BCUT2D eigenvalue weighted by Crippen LogP contribution is -2.29. The first-order chi connectivity index (χ1) is 12.6. The average molecular weight is 353 g/mol. The zero-order chi connectivity index (χ0) is 18.3. The maximum Gasteiger partial charge on any atom is 0.0537 e. The van der Waals surface area contributed by atoms with E-state index >= 15 is 0 Å². The molecule has 2 aromatic rings. The van der Waals surface area contributed by atoms with Gasteiger partial charge in [-0.25, -0.2) is 0 Å². The summed E-state index contributed by atoms with van der Waals surface area (Å²) in [4.78, 5) is 5.24. The van der Waals surface area contributed by atoms with Crippen molar-refractivity contribution in [2.75, 3.05) is 26.7 Å². The third-order valence-electron chi connectivity index (χ3n) is 6.51. The summed E-state index contributed by atoms with van der Waals surface area (Å²) < 4.78 is 2.16. The highest BCUT2D eigenvalue weighted by Gasteiger charge is 2.46. The molecule has 4 heteroatoms. The van der Waals surface area contributed by atoms with Crippen LogP contribution in [0.5, 0.6) is 0 Å². The van der Waals surface area contributed by atoms with Gasteiger partial charge in [0, 0.05) is 50.0 Å². The minimum Gasteiger partial charge on any atom is -0.299 e. The lowest BCUT2D eigenvalue weighted by atomic mass is 9.88. The fourth-order valence-electron chi connectivity index (χ4n) is 5.18. The summed E-state index contributed by atoms with van der Waals surface area (Å²) in [5.41, 5.74) is 5.70. The number of nitrogens with zero attached hydrogens (tertiary/aromatic N) is 4. The first kappa shape index (κ1) is 17.7. The molecule has 3 heterocycles. The van der Waals surface area contributed by atoms with Crippen LogP contribution >= 0.6 is 0 Å². The van der Waals surface area contributed by atoms with Gasteiger partial charge in [-0.2, -0.15) is 5.10 Å². The fourth-order valence-corrected chi connectivity index (χ4v) is 5.18. The molecule has 2 aliphatic heterocycles. The van der Waals surface area contributed by atoms with Crippen molar-refractivity contribution in [2.24, 2.45) is 11.8 Å². The van der Waals surface area contributed by atoms with Crippen LogP contribution in [0.3, 0.4) is 0 Å². The molecule has 0 spiro atoms. The van der Waals surface area contributed by atoms with Gasteiger partial charge < -0.3 is 0 Å². The number of hydrogen-bond donors (Lipinski definition) is 0. The highest BCUT2D eigenvalue weighted by atomic mass is 15.3. The van der Waals surface area contributed by atoms with Crippen LogP contribution in [0.15, 0.2) is 30.5 Å². The minimum atomic E-state index is 0.565. The lowest BCUT2D eigenvalue weighted by molar-refractivity contribution is 0.224. The van der Waals surface area contributed by atoms with Gasteiger partial charge in [0.25, 0.3) is 0 Å². The minimum absolute atomic E-state index is 0.565. The number of aromatic nitrogens is 2. The van der Waals surface area contributed by atoms with Gasteiger partial charge in [0.15, 0.2) is 0 Å². The molecule has 0 bridgehead atoms. The van der Waals surface area contributed by atoms with Crippen LogP contribution in [0.2, 0.25) is 0 Å². The molecule has 0 radical (unpaired) electrons. The van der Waals surface area contributed by atoms with E-state index in [0.717, 1.165) is 31.3 Å². The monoisotopic (exact) mass is 352 g/mol. The largest absolute Gasteiger partial charge is 0.299 e. The van der Waals surface area contributed by atoms with Gasteiger partial charge in [0.1, 0.15) is 0 Å². The molecule has 26 heavy (non-hydrogen) atoms. The Morgan fingerprint density at radius 2 is 1.92 bits per heavy atom. The molecular weight excluding hydrogens is 320 g/mol. The van der Waals surface area contributed by atoms with Crippen LogP contribution in [-0.2, 0) is 13.1 Å². The predicted molar refractivity (Wildman–Crippen MR) is 106 cm³/mol. The Balaban J connectivity index is 1.49. The van der Waals surface area contributed by atoms with Crippen molar-refractivity contribution < 1.29 is 0 Å². The maximum absolute atomic E-state index is 4.59. The summed E-state index contributed by atoms with van der Waals surface area (Å²) in [5.74, 6) is 1.53. The molecule has 1 aromatic heterocycles. The van der Waals surface area contributed by atoms with Gasteiger partial charge in [0.2, 0.25) is 0 Å². The Labute approximate surface area is 157 Å². The number of hydrogen-bond acceptors (Lipinski definition) is 3. The van der Waals surface area contributed by atoms with Crippen molar-refractivity contribution >= 4 is 0 Å². The highest BCUT2D eigenvalue weighted by Crippen LogP contribution is 2.45. The third kappa shape index (κ3) is 3.10. The van der Waals surface area contributed by atoms with Crippen LogP contribution in [-0.4, -0.2) is 46.3 Å². The average Bonchev–Trinajstić information content (AvgIpc) is 3.24. The van der Waals surface area contributed by atoms with E-state index < -0.39 is 0 Å². The number of fused-ring (bicyclic) bond motifs is 1. The summed E-state index contributed by atoms with van der Waals surface area (Å²) >= 11 is 0. The van der Waals surface area contributed by atoms with E-state index in [1.165, 1.54) is 42.0 Å². The first-order valence-electron chi connectivity index (χ1n) is 10.1. The van der Waals surface area contributed by atoms with Crippen LogP contribution in [0, 0.1) is 25.7 Å². The standard InChI is InChI=1S/C22H32N4/c1-5-10-26-17(3)18(11-23-26)13-25-14-19-12-24(4)22(21(19)15-25)20-9-7-6-8-16(20)2/h6-9,11,19,21-22H,5,10,12-15H2,1-4H3/t19-,21+,22-/m0/s1. The van der Waals surface area contributed by atoms with E-state index in [0.29, 0.717) is 6.04 Å². The molecule has 2 saturated heterocycles. The number of benzene rings is 1. The Morgan fingerprint density at radius 1 is 1.12 bits per heavy atom. The van der Waals surface area contributed by atoms with Gasteiger partial charge in [-0.1, -0.05) is 31.2 Å². The lowest BCUT2D eigenvalue weighted by Gasteiger charge is -2.28. The molecule has 2 aliphatic rings. The van der Waals surface area contributed by atoms with E-state index in [9.17, 15) is 0 Å². The molecule has 3 atom stereocenters. The van der Waals surface area contributed by atoms with Crippen molar-refractivity contribution in [3.8, 4) is 0 Å². The number of aryl methyl sites for hydroxylation is 2. The second kappa shape index (κ2) is 7.16. The molecule has 1 aromatic carbocycles. The van der Waals surface area contributed by atoms with Crippen molar-refractivity contribution in [1.82, 2.24) is 19.6 Å². The molecule has 0 unspecified atom stereocenters. The van der Waals surface area contributed by atoms with E-state index in [1.807, 2.05) is 0 Å². The normalized spacial score (nSPS) is 26.5. The van der Waals surface area contributed by atoms with Crippen molar-refractivity contribution in [3.05, 3.63) is 52.8 Å². The zero-order valence-corrected chi connectivity index (χ0v) is 16.7. The Morgan fingerprint density at radius 3 is 2.69 bits per heavy atom. The van der Waals surface area contributed by atoms with Gasteiger partial charge in [-0.05, 0) is 50.3 Å². The molecule has 140 valence electrons. The summed E-state index contributed by atoms with van der Waals surface area (Å²) in [6, 6.07) is 9.51.